The molecule has 1 aromatic heterocycles. The second-order valence-electron chi connectivity index (χ2n) is 5.60. The Labute approximate surface area is 127 Å². The summed E-state index contributed by atoms with van der Waals surface area (Å²) < 4.78 is 0. The zero-order valence-corrected chi connectivity index (χ0v) is 13.6. The third-order valence-corrected chi connectivity index (χ3v) is 3.45. The monoisotopic (exact) mass is 293 g/mol. The Morgan fingerprint density at radius 1 is 1.19 bits per heavy atom. The van der Waals surface area contributed by atoms with Crippen molar-refractivity contribution >= 4 is 5.91 Å². The highest BCUT2D eigenvalue weighted by Crippen LogP contribution is 2.05. The van der Waals surface area contributed by atoms with Crippen molar-refractivity contribution in [2.24, 2.45) is 5.92 Å². The number of aromatic amines is 1. The first-order valence-corrected chi connectivity index (χ1v) is 7.68. The molecule has 1 rings (SSSR count). The number of aromatic nitrogens is 1. The molecule has 0 fully saturated rings. The van der Waals surface area contributed by atoms with E-state index in [1.54, 1.807) is 12.1 Å². The van der Waals surface area contributed by atoms with Crippen molar-refractivity contribution in [3.05, 3.63) is 34.2 Å². The van der Waals surface area contributed by atoms with Crippen LogP contribution in [-0.4, -0.2) is 53.4 Å². The predicted octanol–water partition coefficient (Wildman–Crippen LogP) is 1.81. The van der Waals surface area contributed by atoms with Gasteiger partial charge in [0.25, 0.3) is 5.91 Å². The molecule has 1 aromatic rings. The Kier molecular flexibility index (Phi) is 7.15. The maximum Gasteiger partial charge on any atom is 0.270 e. The highest BCUT2D eigenvalue weighted by atomic mass is 16.2. The van der Waals surface area contributed by atoms with E-state index in [4.69, 9.17) is 0 Å². The lowest BCUT2D eigenvalue weighted by Crippen LogP contribution is -2.41. The number of nitrogens with zero attached hydrogens (tertiary/aromatic N) is 2. The lowest BCUT2D eigenvalue weighted by Gasteiger charge is -2.27. The number of hydrogen-bond acceptors (Lipinski definition) is 3. The van der Waals surface area contributed by atoms with E-state index < -0.39 is 0 Å². The Morgan fingerprint density at radius 2 is 1.86 bits per heavy atom. The zero-order chi connectivity index (χ0) is 15.8. The van der Waals surface area contributed by atoms with Crippen molar-refractivity contribution in [1.82, 2.24) is 14.8 Å². The molecule has 0 bridgehead atoms. The van der Waals surface area contributed by atoms with Gasteiger partial charge in [0.15, 0.2) is 0 Å². The smallest absolute Gasteiger partial charge is 0.270 e. The lowest BCUT2D eigenvalue weighted by molar-refractivity contribution is 0.0710. The van der Waals surface area contributed by atoms with Gasteiger partial charge in [-0.3, -0.25) is 9.59 Å². The summed E-state index contributed by atoms with van der Waals surface area (Å²) in [4.78, 5) is 30.7. The first kappa shape index (κ1) is 17.4. The average molecular weight is 293 g/mol. The van der Waals surface area contributed by atoms with Crippen LogP contribution in [0.4, 0.5) is 0 Å². The Morgan fingerprint density at radius 3 is 2.38 bits per heavy atom. The van der Waals surface area contributed by atoms with Crippen molar-refractivity contribution in [1.29, 1.82) is 0 Å². The number of nitrogens with one attached hydrogen (secondary N) is 1. The third kappa shape index (κ3) is 5.71. The molecule has 0 unspecified atom stereocenters. The fourth-order valence-electron chi connectivity index (χ4n) is 2.26. The van der Waals surface area contributed by atoms with Gasteiger partial charge in [0.05, 0.1) is 0 Å². The molecule has 21 heavy (non-hydrogen) atoms. The van der Waals surface area contributed by atoms with E-state index in [2.05, 4.69) is 37.6 Å². The first-order valence-electron chi connectivity index (χ1n) is 7.68. The molecule has 1 amide bonds. The van der Waals surface area contributed by atoms with Crippen molar-refractivity contribution < 1.29 is 4.79 Å². The molecule has 1 N–H and O–H groups in total. The van der Waals surface area contributed by atoms with Crippen molar-refractivity contribution in [3.8, 4) is 0 Å². The number of H-pyrrole nitrogens is 1. The molecule has 0 aromatic carbocycles. The van der Waals surface area contributed by atoms with Crippen molar-refractivity contribution in [2.75, 3.05) is 32.7 Å². The van der Waals surface area contributed by atoms with Crippen molar-refractivity contribution in [2.45, 2.75) is 27.7 Å². The second-order valence-corrected chi connectivity index (χ2v) is 5.60. The van der Waals surface area contributed by atoms with Gasteiger partial charge in [-0.2, -0.15) is 0 Å². The van der Waals surface area contributed by atoms with E-state index in [9.17, 15) is 9.59 Å². The molecule has 0 aliphatic heterocycles. The number of hydrogen-bond donors (Lipinski definition) is 1. The molecule has 5 heteroatoms. The zero-order valence-electron chi connectivity index (χ0n) is 13.6. The number of likely N-dealkylation sites (N-methyl/N-ethyl adjacent to an activating group) is 1. The summed E-state index contributed by atoms with van der Waals surface area (Å²) in [6, 6.07) is 4.69. The van der Waals surface area contributed by atoms with Crippen LogP contribution < -0.4 is 5.56 Å². The van der Waals surface area contributed by atoms with Gasteiger partial charge in [-0.15, -0.1) is 0 Å². The molecule has 0 saturated carbocycles. The average Bonchev–Trinajstić information content (AvgIpc) is 2.46. The fraction of sp³-hybridized carbons (Fsp3) is 0.625. The molecule has 0 radical (unpaired) electrons. The van der Waals surface area contributed by atoms with Crippen LogP contribution in [0, 0.1) is 5.92 Å². The molecule has 0 aliphatic carbocycles. The van der Waals surface area contributed by atoms with E-state index >= 15 is 0 Å². The molecule has 0 atom stereocenters. The number of carbonyl (C=O) groups excluding carboxylic acids is 1. The number of pyridine rings is 1. The van der Waals surface area contributed by atoms with Crippen LogP contribution in [0.3, 0.4) is 0 Å². The van der Waals surface area contributed by atoms with Gasteiger partial charge in [0, 0.05) is 25.7 Å². The van der Waals surface area contributed by atoms with Crippen LogP contribution in [0.15, 0.2) is 23.0 Å². The summed E-state index contributed by atoms with van der Waals surface area (Å²) in [7, 11) is 0. The lowest BCUT2D eigenvalue weighted by atomic mass is 10.2. The molecule has 1 heterocycles. The molecular formula is C16H27N3O2. The fourth-order valence-corrected chi connectivity index (χ4v) is 2.26. The second kappa shape index (κ2) is 8.62. The minimum atomic E-state index is -0.242. The molecule has 0 spiro atoms. The number of carbonyl (C=O) groups is 1. The quantitative estimate of drug-likeness (QED) is 0.795. The molecule has 5 nitrogen and oxygen atoms in total. The molecule has 0 aliphatic rings. The van der Waals surface area contributed by atoms with Gasteiger partial charge in [-0.1, -0.05) is 33.8 Å². The predicted molar refractivity (Wildman–Crippen MR) is 85.6 cm³/mol. The summed E-state index contributed by atoms with van der Waals surface area (Å²) in [5.74, 6) is 0.287. The molecule has 0 saturated heterocycles. The maximum atomic E-state index is 12.6. The summed E-state index contributed by atoms with van der Waals surface area (Å²) >= 11 is 0. The molecule has 118 valence electrons. The Balaban J connectivity index is 2.81. The van der Waals surface area contributed by atoms with Gasteiger partial charge in [0.1, 0.15) is 5.69 Å². The van der Waals surface area contributed by atoms with Crippen LogP contribution in [0.2, 0.25) is 0 Å². The van der Waals surface area contributed by atoms with Gasteiger partial charge in [-0.05, 0) is 25.1 Å². The standard InChI is InChI=1S/C16H27N3O2/c1-5-18(6-2)10-11-19(12-13(3)4)16(21)14-8-7-9-15(20)17-14/h7-9,13H,5-6,10-12H2,1-4H3,(H,17,20). The summed E-state index contributed by atoms with van der Waals surface area (Å²) in [5.41, 5.74) is 0.122. The summed E-state index contributed by atoms with van der Waals surface area (Å²) in [6.07, 6.45) is 0. The van der Waals surface area contributed by atoms with E-state index in [1.165, 1.54) is 6.07 Å². The highest BCUT2D eigenvalue weighted by Gasteiger charge is 2.18. The normalized spacial score (nSPS) is 11.1. The number of rotatable bonds is 8. The largest absolute Gasteiger partial charge is 0.336 e. The number of amides is 1. The van der Waals surface area contributed by atoms with Crippen LogP contribution in [0.5, 0.6) is 0 Å². The van der Waals surface area contributed by atoms with E-state index in [1.807, 2.05) is 4.90 Å². The van der Waals surface area contributed by atoms with Gasteiger partial charge in [0.2, 0.25) is 5.56 Å². The van der Waals surface area contributed by atoms with E-state index in [0.717, 1.165) is 19.6 Å². The third-order valence-electron chi connectivity index (χ3n) is 3.45. The maximum absolute atomic E-state index is 12.6. The SMILES string of the molecule is CCN(CC)CCN(CC(C)C)C(=O)c1cccc(=O)[nH]1. The van der Waals surface area contributed by atoms with E-state index in [0.29, 0.717) is 24.7 Å². The van der Waals surface area contributed by atoms with Crippen LogP contribution in [-0.2, 0) is 0 Å². The summed E-state index contributed by atoms with van der Waals surface area (Å²) in [6.45, 7) is 12.6. The topological polar surface area (TPSA) is 56.4 Å². The first-order chi connectivity index (χ1) is 9.97. The minimum absolute atomic E-state index is 0.103. The molecular weight excluding hydrogens is 266 g/mol. The van der Waals surface area contributed by atoms with Crippen LogP contribution >= 0.6 is 0 Å². The van der Waals surface area contributed by atoms with Crippen LogP contribution in [0.1, 0.15) is 38.2 Å². The van der Waals surface area contributed by atoms with Crippen LogP contribution in [0.25, 0.3) is 0 Å². The van der Waals surface area contributed by atoms with Gasteiger partial charge < -0.3 is 14.8 Å². The highest BCUT2D eigenvalue weighted by molar-refractivity contribution is 5.92. The van der Waals surface area contributed by atoms with E-state index in [-0.39, 0.29) is 11.5 Å². The van der Waals surface area contributed by atoms with Crippen molar-refractivity contribution in [3.63, 3.8) is 0 Å². The minimum Gasteiger partial charge on any atom is -0.336 e. The Hall–Kier alpha value is -1.62. The Bertz CT molecular complexity index is 492. The van der Waals surface area contributed by atoms with Gasteiger partial charge >= 0.3 is 0 Å². The summed E-state index contributed by atoms with van der Waals surface area (Å²) in [5, 5.41) is 0. The van der Waals surface area contributed by atoms with Gasteiger partial charge in [-0.25, -0.2) is 0 Å².